The van der Waals surface area contributed by atoms with Gasteiger partial charge in [-0.3, -0.25) is 4.79 Å². The van der Waals surface area contributed by atoms with Crippen molar-refractivity contribution < 1.29 is 9.90 Å². The largest absolute Gasteiger partial charge is 0.508 e. The van der Waals surface area contributed by atoms with Crippen molar-refractivity contribution >= 4 is 11.5 Å². The number of aromatic hydroxyl groups is 1. The van der Waals surface area contributed by atoms with Crippen LogP contribution in [-0.2, 0) is 23.1 Å². The molecule has 2 N–H and O–H groups in total. The molecule has 0 atom stereocenters. The Labute approximate surface area is 155 Å². The van der Waals surface area contributed by atoms with E-state index in [0.717, 1.165) is 36.0 Å². The molecule has 2 aromatic rings. The lowest BCUT2D eigenvalue weighted by Crippen LogP contribution is -2.53. The number of benzene rings is 2. The fraction of sp³-hybridized carbons (Fsp3) is 0.435. The highest BCUT2D eigenvalue weighted by molar-refractivity contribution is 6.04. The van der Waals surface area contributed by atoms with Crippen molar-refractivity contribution in [2.75, 3.05) is 5.32 Å². The Hall–Kier alpha value is -2.29. The van der Waals surface area contributed by atoms with Gasteiger partial charge in [0.15, 0.2) is 5.78 Å². The summed E-state index contributed by atoms with van der Waals surface area (Å²) in [5.41, 5.74) is 7.39. The summed E-state index contributed by atoms with van der Waals surface area (Å²) in [4.78, 5) is 13.1. The Morgan fingerprint density at radius 1 is 1.00 bits per heavy atom. The smallest absolute Gasteiger partial charge is 0.167 e. The minimum absolute atomic E-state index is 0.226. The molecule has 0 unspecified atom stereocenters. The van der Waals surface area contributed by atoms with Crippen LogP contribution in [0.5, 0.6) is 5.75 Å². The lowest BCUT2D eigenvalue weighted by atomic mass is 9.68. The van der Waals surface area contributed by atoms with E-state index in [2.05, 4.69) is 11.4 Å². The summed E-state index contributed by atoms with van der Waals surface area (Å²) in [7, 11) is 0. The molecule has 0 radical (unpaired) electrons. The lowest BCUT2D eigenvalue weighted by molar-refractivity contribution is -0.127. The summed E-state index contributed by atoms with van der Waals surface area (Å²) in [5, 5.41) is 13.3. The van der Waals surface area contributed by atoms with Gasteiger partial charge in [-0.25, -0.2) is 0 Å². The molecular weight excluding hydrogens is 322 g/mol. The number of nitrogens with one attached hydrogen (secondary N) is 1. The molecule has 0 fully saturated rings. The molecule has 136 valence electrons. The third-order valence-electron chi connectivity index (χ3n) is 6.15. The van der Waals surface area contributed by atoms with Crippen LogP contribution in [0.15, 0.2) is 24.3 Å². The summed E-state index contributed by atoms with van der Waals surface area (Å²) >= 11 is 0. The number of anilines is 1. The van der Waals surface area contributed by atoms with Gasteiger partial charge in [0, 0.05) is 5.69 Å². The molecular formula is C23H27NO2. The van der Waals surface area contributed by atoms with E-state index in [1.807, 2.05) is 46.8 Å². The van der Waals surface area contributed by atoms with Gasteiger partial charge in [0.1, 0.15) is 5.75 Å². The number of rotatable bonds is 1. The van der Waals surface area contributed by atoms with Crippen LogP contribution in [0, 0.1) is 6.92 Å². The zero-order valence-corrected chi connectivity index (χ0v) is 16.3. The van der Waals surface area contributed by atoms with Crippen molar-refractivity contribution in [2.45, 2.75) is 64.8 Å². The molecule has 26 heavy (non-hydrogen) atoms. The number of carbonyl (C=O) groups is 1. The second-order valence-electron chi connectivity index (χ2n) is 8.86. The maximum atomic E-state index is 13.1. The quantitative estimate of drug-likeness (QED) is 0.769. The summed E-state index contributed by atoms with van der Waals surface area (Å²) in [6, 6.07) is 7.79. The number of phenolic OH excluding ortho intramolecular Hbond substituents is 1. The first kappa shape index (κ1) is 17.1. The van der Waals surface area contributed by atoms with Crippen LogP contribution in [-0.4, -0.2) is 16.4 Å². The molecule has 3 nitrogen and oxygen atoms in total. The first-order chi connectivity index (χ1) is 12.1. The van der Waals surface area contributed by atoms with Crippen LogP contribution < -0.4 is 5.32 Å². The minimum atomic E-state index is -0.553. The highest BCUT2D eigenvalue weighted by atomic mass is 16.3. The summed E-state index contributed by atoms with van der Waals surface area (Å²) in [6.45, 7) is 10.1. The fourth-order valence-electron chi connectivity index (χ4n) is 4.88. The number of Topliss-reactive ketones (excluding diaryl/α,β-unsaturated/α-hetero) is 1. The molecule has 3 heteroatoms. The molecule has 0 bridgehead atoms. The lowest BCUT2D eigenvalue weighted by Gasteiger charge is -2.43. The summed E-state index contributed by atoms with van der Waals surface area (Å²) in [5.74, 6) is 0.517. The first-order valence-corrected chi connectivity index (χ1v) is 9.45. The average Bonchev–Trinajstić information content (AvgIpc) is 3.03. The molecule has 0 saturated carbocycles. The Morgan fingerprint density at radius 2 is 1.69 bits per heavy atom. The van der Waals surface area contributed by atoms with Crippen molar-refractivity contribution in [2.24, 2.45) is 0 Å². The van der Waals surface area contributed by atoms with Crippen LogP contribution in [0.2, 0.25) is 0 Å². The van der Waals surface area contributed by atoms with Crippen LogP contribution >= 0.6 is 0 Å². The van der Waals surface area contributed by atoms with Crippen molar-refractivity contribution in [3.8, 4) is 16.9 Å². The molecule has 2 aromatic carbocycles. The van der Waals surface area contributed by atoms with E-state index >= 15 is 0 Å². The van der Waals surface area contributed by atoms with E-state index in [0.29, 0.717) is 5.75 Å². The Morgan fingerprint density at radius 3 is 2.38 bits per heavy atom. The molecule has 4 rings (SSSR count). The van der Waals surface area contributed by atoms with Gasteiger partial charge in [0.25, 0.3) is 0 Å². The van der Waals surface area contributed by atoms with Gasteiger partial charge in [0.05, 0.1) is 11.0 Å². The van der Waals surface area contributed by atoms with E-state index in [1.165, 1.54) is 22.4 Å². The molecule has 0 amide bonds. The van der Waals surface area contributed by atoms with Gasteiger partial charge < -0.3 is 10.4 Å². The van der Waals surface area contributed by atoms with Gasteiger partial charge in [0.2, 0.25) is 0 Å². The summed E-state index contributed by atoms with van der Waals surface area (Å²) in [6.07, 6.45) is 3.26. The van der Waals surface area contributed by atoms with Gasteiger partial charge in [-0.15, -0.1) is 0 Å². The molecule has 1 aliphatic heterocycles. The number of hydrogen-bond acceptors (Lipinski definition) is 3. The summed E-state index contributed by atoms with van der Waals surface area (Å²) < 4.78 is 0. The van der Waals surface area contributed by atoms with E-state index < -0.39 is 11.0 Å². The van der Waals surface area contributed by atoms with E-state index in [4.69, 9.17) is 0 Å². The Balaban J connectivity index is 2.02. The monoisotopic (exact) mass is 349 g/mol. The van der Waals surface area contributed by atoms with Crippen LogP contribution in [0.4, 0.5) is 5.69 Å². The fourth-order valence-corrected chi connectivity index (χ4v) is 4.88. The number of aryl methyl sites for hydroxylation is 1. The molecule has 0 saturated heterocycles. The maximum Gasteiger partial charge on any atom is 0.167 e. The number of fused-ring (bicyclic) bond motifs is 3. The molecule has 0 aromatic heterocycles. The van der Waals surface area contributed by atoms with Crippen LogP contribution in [0.3, 0.4) is 0 Å². The van der Waals surface area contributed by atoms with Gasteiger partial charge in [-0.05, 0) is 105 Å². The predicted molar refractivity (Wildman–Crippen MR) is 106 cm³/mol. The van der Waals surface area contributed by atoms with Gasteiger partial charge >= 0.3 is 0 Å². The molecule has 1 heterocycles. The van der Waals surface area contributed by atoms with Crippen LogP contribution in [0.25, 0.3) is 11.1 Å². The van der Waals surface area contributed by atoms with Gasteiger partial charge in [-0.1, -0.05) is 6.07 Å². The number of hydrogen-bond donors (Lipinski definition) is 2. The Bertz CT molecular complexity index is 938. The van der Waals surface area contributed by atoms with E-state index in [1.54, 1.807) is 6.07 Å². The number of ketones is 1. The van der Waals surface area contributed by atoms with Crippen molar-refractivity contribution in [1.82, 2.24) is 0 Å². The zero-order chi connectivity index (χ0) is 18.9. The standard InChI is InChI=1S/C23H27NO2/c1-13-11-14(25)9-10-15(13)18-12-19-20(17-8-6-7-16(17)18)24-23(4,5)21(26)22(19,2)3/h9-12,24-25H,6-8H2,1-5H3. The second kappa shape index (κ2) is 5.35. The van der Waals surface area contributed by atoms with E-state index in [-0.39, 0.29) is 5.78 Å². The Kier molecular flexibility index (Phi) is 3.53. The van der Waals surface area contributed by atoms with E-state index in [9.17, 15) is 9.90 Å². The number of carbonyl (C=O) groups excluding carboxylic acids is 1. The maximum absolute atomic E-state index is 13.1. The second-order valence-corrected chi connectivity index (χ2v) is 8.86. The van der Waals surface area contributed by atoms with Crippen molar-refractivity contribution in [3.63, 3.8) is 0 Å². The van der Waals surface area contributed by atoms with Crippen molar-refractivity contribution in [3.05, 3.63) is 46.5 Å². The number of phenols is 1. The van der Waals surface area contributed by atoms with Gasteiger partial charge in [-0.2, -0.15) is 0 Å². The third-order valence-corrected chi connectivity index (χ3v) is 6.15. The highest BCUT2D eigenvalue weighted by Gasteiger charge is 2.47. The highest BCUT2D eigenvalue weighted by Crippen LogP contribution is 2.48. The molecule has 0 spiro atoms. The minimum Gasteiger partial charge on any atom is -0.508 e. The first-order valence-electron chi connectivity index (χ1n) is 9.45. The third kappa shape index (κ3) is 2.29. The molecule has 1 aliphatic carbocycles. The van der Waals surface area contributed by atoms with Crippen LogP contribution in [0.1, 0.15) is 56.4 Å². The average molecular weight is 349 g/mol. The van der Waals surface area contributed by atoms with Crippen molar-refractivity contribution in [1.29, 1.82) is 0 Å². The normalized spacial score (nSPS) is 19.7. The zero-order valence-electron chi connectivity index (χ0n) is 16.3. The SMILES string of the molecule is Cc1cc(O)ccc1-c1cc2c(c3c1CCC3)NC(C)(C)C(=O)C2(C)C. The predicted octanol–water partition coefficient (Wildman–Crippen LogP) is 4.91. The molecule has 2 aliphatic rings. The topological polar surface area (TPSA) is 49.3 Å².